The van der Waals surface area contributed by atoms with Crippen LogP contribution in [0.5, 0.6) is 0 Å². The molecule has 17 heavy (non-hydrogen) atoms. The van der Waals surface area contributed by atoms with Gasteiger partial charge in [0.05, 0.1) is 6.61 Å². The van der Waals surface area contributed by atoms with Crippen molar-refractivity contribution < 1.29 is 5.11 Å². The van der Waals surface area contributed by atoms with E-state index in [-0.39, 0.29) is 12.6 Å². The van der Waals surface area contributed by atoms with Gasteiger partial charge in [0.2, 0.25) is 0 Å². The summed E-state index contributed by atoms with van der Waals surface area (Å²) in [6.45, 7) is 6.04. The highest BCUT2D eigenvalue weighted by molar-refractivity contribution is 5.55. The fourth-order valence-electron chi connectivity index (χ4n) is 2.05. The number of rotatable bonds is 7. The second kappa shape index (κ2) is 7.30. The van der Waals surface area contributed by atoms with Crippen molar-refractivity contribution in [1.29, 1.82) is 0 Å². The topological polar surface area (TPSA) is 49.5 Å². The van der Waals surface area contributed by atoms with E-state index in [2.05, 4.69) is 30.9 Å². The van der Waals surface area contributed by atoms with Gasteiger partial charge in [0, 0.05) is 24.8 Å². The summed E-state index contributed by atoms with van der Waals surface area (Å²) in [5.74, 6) is 0. The van der Waals surface area contributed by atoms with Gasteiger partial charge in [0.15, 0.2) is 0 Å². The van der Waals surface area contributed by atoms with Gasteiger partial charge in [-0.25, -0.2) is 0 Å². The number of nitrogens with two attached hydrogens (primary N) is 1. The molecule has 0 radical (unpaired) electrons. The van der Waals surface area contributed by atoms with Crippen LogP contribution >= 0.6 is 0 Å². The molecule has 0 spiro atoms. The summed E-state index contributed by atoms with van der Waals surface area (Å²) in [6, 6.07) is 8.31. The normalized spacial score (nSPS) is 12.5. The molecule has 3 N–H and O–H groups in total. The summed E-state index contributed by atoms with van der Waals surface area (Å²) in [5.41, 5.74) is 8.48. The minimum atomic E-state index is 0.0734. The van der Waals surface area contributed by atoms with Crippen molar-refractivity contribution in [3.8, 4) is 0 Å². The molecule has 0 saturated carbocycles. The summed E-state index contributed by atoms with van der Waals surface area (Å²) in [7, 11) is 0. The third-order valence-corrected chi connectivity index (χ3v) is 2.98. The van der Waals surface area contributed by atoms with E-state index in [1.807, 2.05) is 12.1 Å². The number of anilines is 1. The molecular formula is C14H24N2O. The Kier molecular flexibility index (Phi) is 6.01. The van der Waals surface area contributed by atoms with Crippen LogP contribution in [0, 0.1) is 0 Å². The summed E-state index contributed by atoms with van der Waals surface area (Å²) >= 11 is 0. The van der Waals surface area contributed by atoms with Crippen molar-refractivity contribution in [3.63, 3.8) is 0 Å². The second-order valence-corrected chi connectivity index (χ2v) is 4.28. The summed E-state index contributed by atoms with van der Waals surface area (Å²) in [4.78, 5) is 2.21. The van der Waals surface area contributed by atoms with Crippen LogP contribution in [0.15, 0.2) is 24.3 Å². The van der Waals surface area contributed by atoms with Crippen LogP contribution in [-0.4, -0.2) is 24.8 Å². The number of para-hydroxylation sites is 1. The zero-order valence-electron chi connectivity index (χ0n) is 10.9. The van der Waals surface area contributed by atoms with Gasteiger partial charge in [-0.1, -0.05) is 32.0 Å². The summed E-state index contributed by atoms with van der Waals surface area (Å²) in [6.07, 6.45) is 1.99. The van der Waals surface area contributed by atoms with Crippen molar-refractivity contribution in [1.82, 2.24) is 0 Å². The average Bonchev–Trinajstić information content (AvgIpc) is 2.37. The van der Waals surface area contributed by atoms with E-state index in [0.29, 0.717) is 6.54 Å². The molecule has 1 aromatic carbocycles. The first-order chi connectivity index (χ1) is 8.24. The Labute approximate surface area is 104 Å². The third-order valence-electron chi connectivity index (χ3n) is 2.98. The Morgan fingerprint density at radius 2 is 1.94 bits per heavy atom. The highest BCUT2D eigenvalue weighted by Gasteiger charge is 2.13. The summed E-state index contributed by atoms with van der Waals surface area (Å²) in [5, 5.41) is 9.14. The van der Waals surface area contributed by atoms with Crippen molar-refractivity contribution in [2.24, 2.45) is 5.73 Å². The predicted molar refractivity (Wildman–Crippen MR) is 73.3 cm³/mol. The van der Waals surface area contributed by atoms with Crippen molar-refractivity contribution in [2.45, 2.75) is 32.7 Å². The third kappa shape index (κ3) is 3.72. The van der Waals surface area contributed by atoms with E-state index in [4.69, 9.17) is 10.8 Å². The minimum Gasteiger partial charge on any atom is -0.395 e. The maximum Gasteiger partial charge on any atom is 0.0606 e. The average molecular weight is 236 g/mol. The Bertz CT molecular complexity index is 322. The molecule has 1 unspecified atom stereocenters. The van der Waals surface area contributed by atoms with E-state index in [0.717, 1.165) is 25.1 Å². The zero-order chi connectivity index (χ0) is 12.7. The lowest BCUT2D eigenvalue weighted by atomic mass is 10.0. The van der Waals surface area contributed by atoms with Crippen LogP contribution in [0.25, 0.3) is 0 Å². The first-order valence-corrected chi connectivity index (χ1v) is 6.44. The second-order valence-electron chi connectivity index (χ2n) is 4.28. The van der Waals surface area contributed by atoms with Gasteiger partial charge in [-0.3, -0.25) is 0 Å². The van der Waals surface area contributed by atoms with Crippen LogP contribution in [0.3, 0.4) is 0 Å². The molecule has 3 heteroatoms. The van der Waals surface area contributed by atoms with Crippen molar-refractivity contribution in [3.05, 3.63) is 29.8 Å². The molecule has 0 heterocycles. The monoisotopic (exact) mass is 236 g/mol. The maximum absolute atomic E-state index is 9.14. The smallest absolute Gasteiger partial charge is 0.0606 e. The number of benzene rings is 1. The molecule has 0 saturated heterocycles. The van der Waals surface area contributed by atoms with Gasteiger partial charge >= 0.3 is 0 Å². The van der Waals surface area contributed by atoms with Gasteiger partial charge < -0.3 is 15.7 Å². The molecule has 0 bridgehead atoms. The molecule has 0 aliphatic heterocycles. The molecule has 1 atom stereocenters. The van der Waals surface area contributed by atoms with Crippen molar-refractivity contribution >= 4 is 5.69 Å². The largest absolute Gasteiger partial charge is 0.395 e. The summed E-state index contributed by atoms with van der Waals surface area (Å²) < 4.78 is 0. The molecule has 1 rings (SSSR count). The minimum absolute atomic E-state index is 0.0734. The van der Waals surface area contributed by atoms with E-state index >= 15 is 0 Å². The Morgan fingerprint density at radius 3 is 2.53 bits per heavy atom. The fraction of sp³-hybridized carbons (Fsp3) is 0.571. The highest BCUT2D eigenvalue weighted by Crippen LogP contribution is 2.26. The Morgan fingerprint density at radius 1 is 1.24 bits per heavy atom. The van der Waals surface area contributed by atoms with E-state index < -0.39 is 0 Å². The van der Waals surface area contributed by atoms with Crippen LogP contribution in [0.2, 0.25) is 0 Å². The fourth-order valence-corrected chi connectivity index (χ4v) is 2.05. The van der Waals surface area contributed by atoms with Crippen LogP contribution in [0.4, 0.5) is 5.69 Å². The number of aliphatic hydroxyl groups is 1. The lowest BCUT2D eigenvalue weighted by Gasteiger charge is -2.27. The number of hydrogen-bond donors (Lipinski definition) is 2. The molecule has 0 fully saturated rings. The number of nitrogens with zero attached hydrogens (tertiary/aromatic N) is 1. The Hall–Kier alpha value is -1.06. The first-order valence-electron chi connectivity index (χ1n) is 6.44. The Balaban J connectivity index is 2.99. The highest BCUT2D eigenvalue weighted by atomic mass is 16.3. The maximum atomic E-state index is 9.14. The quantitative estimate of drug-likeness (QED) is 0.763. The number of hydrogen-bond acceptors (Lipinski definition) is 3. The predicted octanol–water partition coefficient (Wildman–Crippen LogP) is 2.31. The standard InChI is InChI=1S/C14H24N2O/c1-3-9-16(10-11-17)14-8-6-5-7-12(14)13(15)4-2/h5-8,13,17H,3-4,9-11,15H2,1-2H3. The van der Waals surface area contributed by atoms with Crippen molar-refractivity contribution in [2.75, 3.05) is 24.6 Å². The van der Waals surface area contributed by atoms with Crippen LogP contribution in [-0.2, 0) is 0 Å². The molecular weight excluding hydrogens is 212 g/mol. The van der Waals surface area contributed by atoms with Gasteiger partial charge in [0.1, 0.15) is 0 Å². The van der Waals surface area contributed by atoms with E-state index in [1.165, 1.54) is 5.56 Å². The molecule has 0 aromatic heterocycles. The number of aliphatic hydroxyl groups excluding tert-OH is 1. The molecule has 1 aromatic rings. The zero-order valence-corrected chi connectivity index (χ0v) is 10.9. The van der Waals surface area contributed by atoms with Crippen LogP contribution < -0.4 is 10.6 Å². The first kappa shape index (κ1) is 14.0. The molecule has 0 amide bonds. The van der Waals surface area contributed by atoms with E-state index in [9.17, 15) is 0 Å². The van der Waals surface area contributed by atoms with Gasteiger partial charge in [-0.15, -0.1) is 0 Å². The van der Waals surface area contributed by atoms with Gasteiger partial charge in [-0.05, 0) is 24.5 Å². The van der Waals surface area contributed by atoms with E-state index in [1.54, 1.807) is 0 Å². The molecule has 3 nitrogen and oxygen atoms in total. The lowest BCUT2D eigenvalue weighted by Crippen LogP contribution is -2.29. The SMILES string of the molecule is CCCN(CCO)c1ccccc1C(N)CC. The lowest BCUT2D eigenvalue weighted by molar-refractivity contribution is 0.301. The van der Waals surface area contributed by atoms with Gasteiger partial charge in [0.25, 0.3) is 0 Å². The molecule has 96 valence electrons. The molecule has 0 aliphatic rings. The van der Waals surface area contributed by atoms with Gasteiger partial charge in [-0.2, -0.15) is 0 Å². The molecule has 0 aliphatic carbocycles. The van der Waals surface area contributed by atoms with Crippen LogP contribution in [0.1, 0.15) is 38.3 Å².